The van der Waals surface area contributed by atoms with Crippen molar-refractivity contribution < 1.29 is 13.6 Å². The van der Waals surface area contributed by atoms with Gasteiger partial charge in [0.2, 0.25) is 6.41 Å². The number of piperidine rings is 1. The van der Waals surface area contributed by atoms with Crippen LogP contribution in [0.5, 0.6) is 0 Å². The molecule has 4 N–H and O–H groups in total. The Morgan fingerprint density at radius 3 is 2.76 bits per heavy atom. The second kappa shape index (κ2) is 10.0. The van der Waals surface area contributed by atoms with Crippen LogP contribution in [0, 0.1) is 11.3 Å². The lowest BCUT2D eigenvalue weighted by Gasteiger charge is -2.28. The molecular formula is C24H28F2N6OS. The summed E-state index contributed by atoms with van der Waals surface area (Å²) in [6.45, 7) is 2.69. The van der Waals surface area contributed by atoms with E-state index in [-0.39, 0.29) is 25.9 Å². The van der Waals surface area contributed by atoms with E-state index < -0.39 is 5.92 Å². The Labute approximate surface area is 200 Å². The number of thiophene rings is 1. The van der Waals surface area contributed by atoms with Crippen LogP contribution >= 0.6 is 11.3 Å². The highest BCUT2D eigenvalue weighted by Crippen LogP contribution is 2.40. The van der Waals surface area contributed by atoms with Gasteiger partial charge < -0.3 is 21.4 Å². The standard InChI is InChI=1S/C18H19N5S.C6H9F2NO/c1-10-2-4-13-15(6-10)24-18-16(13)17(21-9-22-18)23-12-3-5-14(20)11(7-12)8-19;7-6(8)1-3-9(5-10)4-2-6/h3,5,7-10,19H,2,4,6,20H2,1H3,(H,21,22,23);5H,1-4H2. The highest BCUT2D eigenvalue weighted by molar-refractivity contribution is 7.19. The molecule has 1 fully saturated rings. The third-order valence-corrected chi connectivity index (χ3v) is 7.44. The van der Waals surface area contributed by atoms with Gasteiger partial charge in [-0.2, -0.15) is 0 Å². The lowest BCUT2D eigenvalue weighted by Crippen LogP contribution is -2.38. The lowest BCUT2D eigenvalue weighted by atomic mass is 9.89. The number of alkyl halides is 2. The van der Waals surface area contributed by atoms with Crippen LogP contribution in [0.1, 0.15) is 42.2 Å². The fourth-order valence-corrected chi connectivity index (χ4v) is 5.59. The van der Waals surface area contributed by atoms with E-state index in [0.717, 1.165) is 40.5 Å². The van der Waals surface area contributed by atoms with Gasteiger partial charge in [-0.15, -0.1) is 11.3 Å². The van der Waals surface area contributed by atoms with Crippen molar-refractivity contribution in [2.75, 3.05) is 24.1 Å². The summed E-state index contributed by atoms with van der Waals surface area (Å²) in [5, 5.41) is 12.0. The topological polar surface area (TPSA) is 108 Å². The van der Waals surface area contributed by atoms with Crippen LogP contribution in [-0.4, -0.2) is 46.5 Å². The van der Waals surface area contributed by atoms with Crippen molar-refractivity contribution in [1.82, 2.24) is 14.9 Å². The van der Waals surface area contributed by atoms with E-state index in [2.05, 4.69) is 22.2 Å². The molecule has 1 unspecified atom stereocenters. The Bertz CT molecular complexity index is 1190. The predicted octanol–water partition coefficient (Wildman–Crippen LogP) is 5.01. The molecule has 10 heteroatoms. The predicted molar refractivity (Wildman–Crippen MR) is 132 cm³/mol. The lowest BCUT2D eigenvalue weighted by molar-refractivity contribution is -0.124. The summed E-state index contributed by atoms with van der Waals surface area (Å²) in [6.07, 6.45) is 6.57. The molecule has 1 aliphatic carbocycles. The molecule has 0 radical (unpaired) electrons. The minimum atomic E-state index is -2.54. The molecule has 0 spiro atoms. The number of nitrogens with zero attached hydrogens (tertiary/aromatic N) is 3. The Morgan fingerprint density at radius 2 is 2.06 bits per heavy atom. The first-order valence-corrected chi connectivity index (χ1v) is 12.1. The van der Waals surface area contributed by atoms with Crippen LogP contribution in [-0.2, 0) is 17.6 Å². The number of aromatic nitrogens is 2. The molecule has 3 heterocycles. The molecular weight excluding hydrogens is 458 g/mol. The number of hydrogen-bond acceptors (Lipinski definition) is 7. The fraction of sp³-hybridized carbons (Fsp3) is 0.417. The van der Waals surface area contributed by atoms with Crippen LogP contribution in [0.3, 0.4) is 0 Å². The number of carbonyl (C=O) groups excluding carboxylic acids is 1. The highest BCUT2D eigenvalue weighted by Gasteiger charge is 2.33. The van der Waals surface area contributed by atoms with Gasteiger partial charge in [-0.1, -0.05) is 6.92 Å². The SMILES string of the molecule is CC1CCc2c(sc3ncnc(Nc4ccc(N)c(C=N)c4)c23)C1.O=CN1CCC(F)(F)CC1. The minimum Gasteiger partial charge on any atom is -0.398 e. The zero-order valence-corrected chi connectivity index (χ0v) is 19.8. The Balaban J connectivity index is 0.000000231. The average molecular weight is 487 g/mol. The number of benzene rings is 1. The van der Waals surface area contributed by atoms with E-state index in [1.54, 1.807) is 17.7 Å². The molecule has 1 amide bonds. The van der Waals surface area contributed by atoms with Crippen molar-refractivity contribution in [3.8, 4) is 0 Å². The largest absolute Gasteiger partial charge is 0.398 e. The van der Waals surface area contributed by atoms with E-state index in [9.17, 15) is 13.6 Å². The molecule has 2 aromatic heterocycles. The van der Waals surface area contributed by atoms with Gasteiger partial charge in [0.25, 0.3) is 5.92 Å². The average Bonchev–Trinajstić information content (AvgIpc) is 3.19. The Kier molecular flexibility index (Phi) is 7.06. The Hall–Kier alpha value is -3.14. The van der Waals surface area contributed by atoms with Gasteiger partial charge in [0.15, 0.2) is 0 Å². The van der Waals surface area contributed by atoms with Gasteiger partial charge >= 0.3 is 0 Å². The van der Waals surface area contributed by atoms with Crippen molar-refractivity contribution in [2.24, 2.45) is 5.92 Å². The molecule has 34 heavy (non-hydrogen) atoms. The first kappa shape index (κ1) is 24.0. The van der Waals surface area contributed by atoms with Crippen LogP contribution in [0.25, 0.3) is 10.2 Å². The second-order valence-electron chi connectivity index (χ2n) is 8.86. The van der Waals surface area contributed by atoms with Gasteiger partial charge in [0, 0.05) is 54.0 Å². The van der Waals surface area contributed by atoms with Crippen LogP contribution in [0.2, 0.25) is 0 Å². The number of anilines is 3. The van der Waals surface area contributed by atoms with Crippen LogP contribution in [0.15, 0.2) is 24.5 Å². The molecule has 1 saturated heterocycles. The molecule has 1 aliphatic heterocycles. The summed E-state index contributed by atoms with van der Waals surface area (Å²) in [6, 6.07) is 5.60. The van der Waals surface area contributed by atoms with Gasteiger partial charge in [0.05, 0.1) is 5.39 Å². The van der Waals surface area contributed by atoms with Crippen LogP contribution in [0.4, 0.5) is 26.0 Å². The van der Waals surface area contributed by atoms with E-state index in [0.29, 0.717) is 17.7 Å². The number of hydrogen-bond donors (Lipinski definition) is 3. The maximum absolute atomic E-state index is 12.4. The quantitative estimate of drug-likeness (QED) is 0.273. The van der Waals surface area contributed by atoms with Crippen molar-refractivity contribution in [3.05, 3.63) is 40.5 Å². The number of amides is 1. The summed E-state index contributed by atoms with van der Waals surface area (Å²) in [5.74, 6) is -0.964. The molecule has 7 nitrogen and oxygen atoms in total. The minimum absolute atomic E-state index is 0.189. The summed E-state index contributed by atoms with van der Waals surface area (Å²) >= 11 is 1.79. The summed E-state index contributed by atoms with van der Waals surface area (Å²) in [5.41, 5.74) is 9.45. The number of rotatable bonds is 4. The normalized spacial score (nSPS) is 19.0. The number of nitrogens with one attached hydrogen (secondary N) is 2. The zero-order valence-electron chi connectivity index (χ0n) is 19.0. The van der Waals surface area contributed by atoms with E-state index in [1.807, 2.05) is 18.2 Å². The van der Waals surface area contributed by atoms with E-state index in [1.165, 1.54) is 28.0 Å². The third kappa shape index (κ3) is 5.32. The molecule has 3 aromatic rings. The number of likely N-dealkylation sites (tertiary alicyclic amines) is 1. The van der Waals surface area contributed by atoms with Gasteiger partial charge in [0.1, 0.15) is 17.0 Å². The molecule has 0 saturated carbocycles. The second-order valence-corrected chi connectivity index (χ2v) is 9.95. The highest BCUT2D eigenvalue weighted by atomic mass is 32.1. The number of fused-ring (bicyclic) bond motifs is 3. The van der Waals surface area contributed by atoms with Gasteiger partial charge in [-0.25, -0.2) is 18.7 Å². The molecule has 5 rings (SSSR count). The molecule has 180 valence electrons. The molecule has 2 aliphatic rings. The van der Waals surface area contributed by atoms with Crippen molar-refractivity contribution >= 4 is 51.4 Å². The molecule has 1 atom stereocenters. The van der Waals surface area contributed by atoms with Crippen molar-refractivity contribution in [1.29, 1.82) is 5.41 Å². The van der Waals surface area contributed by atoms with E-state index in [4.69, 9.17) is 11.1 Å². The smallest absolute Gasteiger partial charge is 0.251 e. The summed E-state index contributed by atoms with van der Waals surface area (Å²) < 4.78 is 24.7. The number of aryl methyl sites for hydroxylation is 1. The first-order chi connectivity index (χ1) is 16.3. The summed E-state index contributed by atoms with van der Waals surface area (Å²) in [4.78, 5) is 22.9. The van der Waals surface area contributed by atoms with E-state index >= 15 is 0 Å². The Morgan fingerprint density at radius 1 is 1.29 bits per heavy atom. The maximum atomic E-state index is 12.4. The van der Waals surface area contributed by atoms with Gasteiger partial charge in [-0.3, -0.25) is 4.79 Å². The number of nitrogen functional groups attached to an aromatic ring is 1. The third-order valence-electron chi connectivity index (χ3n) is 6.28. The molecule has 1 aromatic carbocycles. The van der Waals surface area contributed by atoms with Crippen molar-refractivity contribution in [2.45, 2.75) is 45.0 Å². The number of carbonyl (C=O) groups is 1. The van der Waals surface area contributed by atoms with Crippen LogP contribution < -0.4 is 11.1 Å². The fourth-order valence-electron chi connectivity index (χ4n) is 4.24. The summed E-state index contributed by atoms with van der Waals surface area (Å²) in [7, 11) is 0. The monoisotopic (exact) mass is 486 g/mol. The number of halogens is 2. The number of nitrogens with two attached hydrogens (primary N) is 1. The first-order valence-electron chi connectivity index (χ1n) is 11.3. The van der Waals surface area contributed by atoms with Crippen molar-refractivity contribution in [3.63, 3.8) is 0 Å². The maximum Gasteiger partial charge on any atom is 0.251 e. The molecule has 0 bridgehead atoms. The zero-order chi connectivity index (χ0) is 24.3. The van der Waals surface area contributed by atoms with Gasteiger partial charge in [-0.05, 0) is 48.9 Å².